The normalized spacial score (nSPS) is 23.9. The van der Waals surface area contributed by atoms with Gasteiger partial charge in [0.05, 0.1) is 24.9 Å². The summed E-state index contributed by atoms with van der Waals surface area (Å²) in [4.78, 5) is 14.8. The monoisotopic (exact) mass is 275 g/mol. The van der Waals surface area contributed by atoms with Gasteiger partial charge in [-0.1, -0.05) is 5.16 Å². The number of aromatic nitrogens is 4. The molecule has 106 valence electrons. The summed E-state index contributed by atoms with van der Waals surface area (Å²) < 4.78 is 11.0. The average Bonchev–Trinajstić information content (AvgIpc) is 2.87. The van der Waals surface area contributed by atoms with Crippen molar-refractivity contribution in [2.45, 2.75) is 32.6 Å². The minimum absolute atomic E-state index is 0.223. The van der Waals surface area contributed by atoms with Crippen LogP contribution in [-0.2, 0) is 11.3 Å². The van der Waals surface area contributed by atoms with E-state index in [2.05, 4.69) is 38.9 Å². The summed E-state index contributed by atoms with van der Waals surface area (Å²) in [5.74, 6) is 1.06. The minimum Gasteiger partial charge on any atom is -0.373 e. The van der Waals surface area contributed by atoms with E-state index in [1.165, 1.54) is 0 Å². The first-order valence-corrected chi connectivity index (χ1v) is 6.67. The molecule has 0 unspecified atom stereocenters. The van der Waals surface area contributed by atoms with Gasteiger partial charge in [0.25, 0.3) is 0 Å². The van der Waals surface area contributed by atoms with Crippen molar-refractivity contribution in [3.8, 4) is 11.5 Å². The molecule has 0 radical (unpaired) electrons. The van der Waals surface area contributed by atoms with Crippen LogP contribution in [0, 0.1) is 0 Å². The Balaban J connectivity index is 1.68. The van der Waals surface area contributed by atoms with Crippen molar-refractivity contribution in [1.29, 1.82) is 0 Å². The third kappa shape index (κ3) is 3.00. The molecular formula is C13H17N5O2. The van der Waals surface area contributed by atoms with Crippen LogP contribution in [0.2, 0.25) is 0 Å². The summed E-state index contributed by atoms with van der Waals surface area (Å²) in [5.41, 5.74) is 0.617. The number of nitrogens with zero attached hydrogens (tertiary/aromatic N) is 5. The second kappa shape index (κ2) is 5.64. The smallest absolute Gasteiger partial charge is 0.241 e. The molecule has 0 saturated carbocycles. The van der Waals surface area contributed by atoms with Crippen molar-refractivity contribution in [2.24, 2.45) is 0 Å². The fraction of sp³-hybridized carbons (Fsp3) is 0.538. The third-order valence-electron chi connectivity index (χ3n) is 3.11. The maximum atomic E-state index is 5.70. The van der Waals surface area contributed by atoms with Gasteiger partial charge < -0.3 is 9.26 Å². The van der Waals surface area contributed by atoms with Crippen molar-refractivity contribution < 1.29 is 9.26 Å². The highest BCUT2D eigenvalue weighted by Crippen LogP contribution is 2.15. The summed E-state index contributed by atoms with van der Waals surface area (Å²) >= 11 is 0. The molecule has 0 aliphatic carbocycles. The van der Waals surface area contributed by atoms with Crippen LogP contribution in [-0.4, -0.2) is 50.3 Å². The molecule has 7 nitrogen and oxygen atoms in total. The molecule has 7 heteroatoms. The van der Waals surface area contributed by atoms with Gasteiger partial charge in [-0.3, -0.25) is 9.88 Å². The molecule has 0 spiro atoms. The van der Waals surface area contributed by atoms with Crippen LogP contribution in [0.5, 0.6) is 0 Å². The predicted molar refractivity (Wildman–Crippen MR) is 70.6 cm³/mol. The SMILES string of the molecule is C[C@@H]1CN(Cc2nc(-c3cnccn3)no2)C[C@H](C)O1. The maximum absolute atomic E-state index is 5.70. The van der Waals surface area contributed by atoms with Crippen molar-refractivity contribution in [2.75, 3.05) is 13.1 Å². The molecule has 3 heterocycles. The van der Waals surface area contributed by atoms with Crippen LogP contribution in [0.25, 0.3) is 11.5 Å². The third-order valence-corrected chi connectivity index (χ3v) is 3.11. The van der Waals surface area contributed by atoms with Gasteiger partial charge in [-0.15, -0.1) is 0 Å². The van der Waals surface area contributed by atoms with Crippen molar-refractivity contribution in [1.82, 2.24) is 25.0 Å². The van der Waals surface area contributed by atoms with E-state index in [0.717, 1.165) is 13.1 Å². The Morgan fingerprint density at radius 3 is 2.75 bits per heavy atom. The number of morpholine rings is 1. The van der Waals surface area contributed by atoms with E-state index < -0.39 is 0 Å². The first-order chi connectivity index (χ1) is 9.70. The Bertz CT molecular complexity index is 549. The van der Waals surface area contributed by atoms with Gasteiger partial charge in [-0.05, 0) is 13.8 Å². The summed E-state index contributed by atoms with van der Waals surface area (Å²) in [7, 11) is 0. The molecule has 1 fully saturated rings. The number of hydrogen-bond acceptors (Lipinski definition) is 7. The van der Waals surface area contributed by atoms with E-state index in [-0.39, 0.29) is 12.2 Å². The molecule has 3 rings (SSSR count). The van der Waals surface area contributed by atoms with Gasteiger partial charge in [-0.2, -0.15) is 4.98 Å². The van der Waals surface area contributed by atoms with Crippen LogP contribution in [0.4, 0.5) is 0 Å². The van der Waals surface area contributed by atoms with E-state index in [0.29, 0.717) is 24.0 Å². The van der Waals surface area contributed by atoms with Crippen molar-refractivity contribution >= 4 is 0 Å². The lowest BCUT2D eigenvalue weighted by atomic mass is 10.2. The van der Waals surface area contributed by atoms with Crippen molar-refractivity contribution in [3.63, 3.8) is 0 Å². The zero-order valence-corrected chi connectivity index (χ0v) is 11.6. The largest absolute Gasteiger partial charge is 0.373 e. The van der Waals surface area contributed by atoms with Gasteiger partial charge in [0.1, 0.15) is 5.69 Å². The standard InChI is InChI=1S/C13H17N5O2/c1-9-6-18(7-10(2)19-9)8-12-16-13(17-20-12)11-5-14-3-4-15-11/h3-5,9-10H,6-8H2,1-2H3/t9-,10+. The van der Waals surface area contributed by atoms with Crippen LogP contribution < -0.4 is 0 Å². The van der Waals surface area contributed by atoms with E-state index in [4.69, 9.17) is 9.26 Å². The summed E-state index contributed by atoms with van der Waals surface area (Å²) in [6.45, 7) is 6.51. The molecule has 0 N–H and O–H groups in total. The highest BCUT2D eigenvalue weighted by molar-refractivity contribution is 5.45. The molecule has 0 amide bonds. The molecule has 0 aromatic carbocycles. The number of hydrogen-bond donors (Lipinski definition) is 0. The minimum atomic E-state index is 0.223. The van der Waals surface area contributed by atoms with Crippen LogP contribution in [0.3, 0.4) is 0 Å². The van der Waals surface area contributed by atoms with Crippen LogP contribution >= 0.6 is 0 Å². The Morgan fingerprint density at radius 1 is 1.25 bits per heavy atom. The van der Waals surface area contributed by atoms with Gasteiger partial charge in [-0.25, -0.2) is 4.98 Å². The number of ether oxygens (including phenoxy) is 1. The molecule has 1 aliphatic heterocycles. The van der Waals surface area contributed by atoms with Crippen molar-refractivity contribution in [3.05, 3.63) is 24.5 Å². The Kier molecular flexibility index (Phi) is 3.70. The molecule has 1 aliphatic rings. The van der Waals surface area contributed by atoms with E-state index in [9.17, 15) is 0 Å². The molecule has 2 aromatic heterocycles. The Labute approximate surface area is 117 Å². The van der Waals surface area contributed by atoms with Gasteiger partial charge in [0.2, 0.25) is 11.7 Å². The summed E-state index contributed by atoms with van der Waals surface area (Å²) in [5, 5.41) is 3.94. The fourth-order valence-electron chi connectivity index (χ4n) is 2.44. The van der Waals surface area contributed by atoms with Gasteiger partial charge in [0, 0.05) is 25.5 Å². The quantitative estimate of drug-likeness (QED) is 0.831. The number of rotatable bonds is 3. The molecule has 1 saturated heterocycles. The van der Waals surface area contributed by atoms with Crippen LogP contribution in [0.1, 0.15) is 19.7 Å². The first-order valence-electron chi connectivity index (χ1n) is 6.67. The van der Waals surface area contributed by atoms with E-state index in [1.54, 1.807) is 18.6 Å². The second-order valence-electron chi connectivity index (χ2n) is 5.05. The molecule has 2 aromatic rings. The average molecular weight is 275 g/mol. The Hall–Kier alpha value is -1.86. The van der Waals surface area contributed by atoms with Crippen LogP contribution in [0.15, 0.2) is 23.1 Å². The van der Waals surface area contributed by atoms with E-state index in [1.807, 2.05) is 0 Å². The Morgan fingerprint density at radius 2 is 2.05 bits per heavy atom. The summed E-state index contributed by atoms with van der Waals surface area (Å²) in [6.07, 6.45) is 5.29. The second-order valence-corrected chi connectivity index (χ2v) is 5.05. The van der Waals surface area contributed by atoms with E-state index >= 15 is 0 Å². The maximum Gasteiger partial charge on any atom is 0.241 e. The fourth-order valence-corrected chi connectivity index (χ4v) is 2.44. The topological polar surface area (TPSA) is 77.2 Å². The zero-order valence-electron chi connectivity index (χ0n) is 11.6. The zero-order chi connectivity index (χ0) is 13.9. The summed E-state index contributed by atoms with van der Waals surface area (Å²) in [6, 6.07) is 0. The van der Waals surface area contributed by atoms with Gasteiger partial charge >= 0.3 is 0 Å². The van der Waals surface area contributed by atoms with Gasteiger partial charge in [0.15, 0.2) is 0 Å². The molecular weight excluding hydrogens is 258 g/mol. The molecule has 2 atom stereocenters. The molecule has 0 bridgehead atoms. The highest BCUT2D eigenvalue weighted by atomic mass is 16.5. The lowest BCUT2D eigenvalue weighted by Gasteiger charge is -2.34. The highest BCUT2D eigenvalue weighted by Gasteiger charge is 2.23. The molecule has 20 heavy (non-hydrogen) atoms. The lowest BCUT2D eigenvalue weighted by molar-refractivity contribution is -0.0725. The predicted octanol–water partition coefficient (Wildman–Crippen LogP) is 1.14. The lowest BCUT2D eigenvalue weighted by Crippen LogP contribution is -2.44. The first kappa shape index (κ1) is 13.1.